The molecule has 0 aromatic carbocycles. The fourth-order valence-corrected chi connectivity index (χ4v) is 4.29. The molecule has 2 saturated carbocycles. The van der Waals surface area contributed by atoms with E-state index in [1.807, 2.05) is 0 Å². The average Bonchev–Trinajstić information content (AvgIpc) is 2.55. The number of nitrogens with one attached hydrogen (secondary N) is 2. The molecule has 0 heterocycles. The SMILES string of the molecule is CC(NC(=O)CC1CCCCC1)C(=O)NC1(C)CCCCC1C(=O)O. The molecule has 3 atom stereocenters. The van der Waals surface area contributed by atoms with Crippen molar-refractivity contribution in [3.63, 3.8) is 0 Å². The highest BCUT2D eigenvalue weighted by molar-refractivity contribution is 5.88. The summed E-state index contributed by atoms with van der Waals surface area (Å²) in [6.07, 6.45) is 9.28. The summed E-state index contributed by atoms with van der Waals surface area (Å²) in [5.41, 5.74) is -0.747. The number of carboxylic acids is 1. The second kappa shape index (κ2) is 8.68. The van der Waals surface area contributed by atoms with Crippen molar-refractivity contribution in [1.29, 1.82) is 0 Å². The summed E-state index contributed by atoms with van der Waals surface area (Å²) in [5, 5.41) is 15.1. The van der Waals surface area contributed by atoms with Crippen LogP contribution in [0.15, 0.2) is 0 Å². The molecular formula is C19H32N2O4. The number of rotatable bonds is 6. The molecule has 0 radical (unpaired) electrons. The molecule has 2 aliphatic rings. The van der Waals surface area contributed by atoms with Crippen LogP contribution in [0, 0.1) is 11.8 Å². The zero-order valence-electron chi connectivity index (χ0n) is 15.5. The normalized spacial score (nSPS) is 28.8. The lowest BCUT2D eigenvalue weighted by Gasteiger charge is -2.40. The molecule has 0 bridgehead atoms. The van der Waals surface area contributed by atoms with Gasteiger partial charge in [-0.05, 0) is 45.4 Å². The highest BCUT2D eigenvalue weighted by Gasteiger charge is 2.42. The van der Waals surface area contributed by atoms with Gasteiger partial charge in [0.05, 0.1) is 11.5 Å². The minimum absolute atomic E-state index is 0.0851. The van der Waals surface area contributed by atoms with Crippen molar-refractivity contribution in [2.45, 2.75) is 89.6 Å². The molecule has 3 unspecified atom stereocenters. The fourth-order valence-electron chi connectivity index (χ4n) is 4.29. The van der Waals surface area contributed by atoms with Crippen LogP contribution in [-0.2, 0) is 14.4 Å². The molecule has 2 aliphatic carbocycles. The van der Waals surface area contributed by atoms with Crippen molar-refractivity contribution in [2.75, 3.05) is 0 Å². The maximum Gasteiger partial charge on any atom is 0.308 e. The van der Waals surface area contributed by atoms with Crippen molar-refractivity contribution in [3.05, 3.63) is 0 Å². The van der Waals surface area contributed by atoms with Gasteiger partial charge in [-0.1, -0.05) is 32.1 Å². The minimum atomic E-state index is -0.864. The van der Waals surface area contributed by atoms with E-state index in [1.54, 1.807) is 13.8 Å². The Bertz CT molecular complexity index is 502. The Labute approximate surface area is 150 Å². The van der Waals surface area contributed by atoms with Gasteiger partial charge in [0.1, 0.15) is 6.04 Å². The lowest BCUT2D eigenvalue weighted by atomic mass is 9.73. The lowest BCUT2D eigenvalue weighted by molar-refractivity contribution is -0.147. The topological polar surface area (TPSA) is 95.5 Å². The van der Waals surface area contributed by atoms with E-state index < -0.39 is 23.5 Å². The molecule has 0 saturated heterocycles. The third kappa shape index (κ3) is 5.44. The van der Waals surface area contributed by atoms with Gasteiger partial charge >= 0.3 is 5.97 Å². The van der Waals surface area contributed by atoms with E-state index in [4.69, 9.17) is 0 Å². The zero-order chi connectivity index (χ0) is 18.4. The Balaban J connectivity index is 1.86. The first kappa shape index (κ1) is 19.7. The van der Waals surface area contributed by atoms with Crippen LogP contribution >= 0.6 is 0 Å². The first-order valence-electron chi connectivity index (χ1n) is 9.66. The van der Waals surface area contributed by atoms with Gasteiger partial charge in [-0.3, -0.25) is 14.4 Å². The third-order valence-corrected chi connectivity index (χ3v) is 5.88. The smallest absolute Gasteiger partial charge is 0.308 e. The van der Waals surface area contributed by atoms with E-state index in [1.165, 1.54) is 19.3 Å². The van der Waals surface area contributed by atoms with Crippen LogP contribution in [0.5, 0.6) is 0 Å². The number of carbonyl (C=O) groups excluding carboxylic acids is 2. The van der Waals surface area contributed by atoms with Crippen molar-refractivity contribution in [2.24, 2.45) is 11.8 Å². The van der Waals surface area contributed by atoms with Gasteiger partial charge in [-0.25, -0.2) is 0 Å². The van der Waals surface area contributed by atoms with Crippen LogP contribution in [0.1, 0.15) is 78.1 Å². The summed E-state index contributed by atoms with van der Waals surface area (Å²) >= 11 is 0. The monoisotopic (exact) mass is 352 g/mol. The van der Waals surface area contributed by atoms with Crippen LogP contribution in [-0.4, -0.2) is 34.5 Å². The minimum Gasteiger partial charge on any atom is -0.481 e. The van der Waals surface area contributed by atoms with E-state index in [0.717, 1.165) is 25.7 Å². The molecule has 2 amide bonds. The predicted octanol–water partition coefficient (Wildman–Crippen LogP) is 2.61. The Kier molecular flexibility index (Phi) is 6.85. The fraction of sp³-hybridized carbons (Fsp3) is 0.842. The number of carbonyl (C=O) groups is 3. The van der Waals surface area contributed by atoms with Gasteiger partial charge in [0.2, 0.25) is 11.8 Å². The van der Waals surface area contributed by atoms with Crippen molar-refractivity contribution < 1.29 is 19.5 Å². The maximum atomic E-state index is 12.5. The molecule has 25 heavy (non-hydrogen) atoms. The van der Waals surface area contributed by atoms with Crippen LogP contribution < -0.4 is 10.6 Å². The van der Waals surface area contributed by atoms with Crippen molar-refractivity contribution >= 4 is 17.8 Å². The summed E-state index contributed by atoms with van der Waals surface area (Å²) in [6.45, 7) is 3.47. The Morgan fingerprint density at radius 1 is 1.08 bits per heavy atom. The van der Waals surface area contributed by atoms with E-state index in [0.29, 0.717) is 25.2 Å². The van der Waals surface area contributed by atoms with Gasteiger partial charge in [-0.2, -0.15) is 0 Å². The third-order valence-electron chi connectivity index (χ3n) is 5.88. The summed E-state index contributed by atoms with van der Waals surface area (Å²) in [4.78, 5) is 36.2. The summed E-state index contributed by atoms with van der Waals surface area (Å²) in [6, 6.07) is -0.649. The largest absolute Gasteiger partial charge is 0.481 e. The zero-order valence-corrected chi connectivity index (χ0v) is 15.5. The Morgan fingerprint density at radius 3 is 2.36 bits per heavy atom. The van der Waals surface area contributed by atoms with E-state index in [9.17, 15) is 19.5 Å². The highest BCUT2D eigenvalue weighted by atomic mass is 16.4. The maximum absolute atomic E-state index is 12.5. The standard InChI is InChI=1S/C19H32N2O4/c1-13(20-16(22)12-14-8-4-3-5-9-14)17(23)21-19(2)11-7-6-10-15(19)18(24)25/h13-15H,3-12H2,1-2H3,(H,20,22)(H,21,23)(H,24,25). The molecule has 0 aromatic heterocycles. The number of amides is 2. The van der Waals surface area contributed by atoms with Crippen LogP contribution in [0.3, 0.4) is 0 Å². The lowest BCUT2D eigenvalue weighted by Crippen LogP contribution is -2.59. The van der Waals surface area contributed by atoms with Gasteiger partial charge in [-0.15, -0.1) is 0 Å². The van der Waals surface area contributed by atoms with Crippen LogP contribution in [0.4, 0.5) is 0 Å². The van der Waals surface area contributed by atoms with Crippen LogP contribution in [0.2, 0.25) is 0 Å². The second-order valence-electron chi connectivity index (χ2n) is 8.04. The highest BCUT2D eigenvalue weighted by Crippen LogP contribution is 2.34. The molecule has 6 heteroatoms. The molecule has 3 N–H and O–H groups in total. The summed E-state index contributed by atoms with van der Waals surface area (Å²) < 4.78 is 0. The summed E-state index contributed by atoms with van der Waals surface area (Å²) in [7, 11) is 0. The molecule has 0 aromatic rings. The summed E-state index contributed by atoms with van der Waals surface area (Å²) in [5.74, 6) is -1.39. The average molecular weight is 352 g/mol. The van der Waals surface area contributed by atoms with Gasteiger partial charge in [0.15, 0.2) is 0 Å². The second-order valence-corrected chi connectivity index (χ2v) is 8.04. The molecule has 2 fully saturated rings. The molecule has 6 nitrogen and oxygen atoms in total. The van der Waals surface area contributed by atoms with E-state index in [2.05, 4.69) is 10.6 Å². The number of aliphatic carboxylic acids is 1. The Morgan fingerprint density at radius 2 is 1.72 bits per heavy atom. The number of carboxylic acid groups (broad SMARTS) is 1. The molecule has 0 aliphatic heterocycles. The molecular weight excluding hydrogens is 320 g/mol. The predicted molar refractivity (Wildman–Crippen MR) is 94.9 cm³/mol. The number of hydrogen-bond acceptors (Lipinski definition) is 3. The molecule has 2 rings (SSSR count). The van der Waals surface area contributed by atoms with Gasteiger partial charge < -0.3 is 15.7 Å². The first-order valence-corrected chi connectivity index (χ1v) is 9.66. The van der Waals surface area contributed by atoms with Gasteiger partial charge in [0, 0.05) is 6.42 Å². The van der Waals surface area contributed by atoms with Gasteiger partial charge in [0.25, 0.3) is 0 Å². The van der Waals surface area contributed by atoms with E-state index >= 15 is 0 Å². The van der Waals surface area contributed by atoms with Crippen molar-refractivity contribution in [1.82, 2.24) is 10.6 Å². The quantitative estimate of drug-likeness (QED) is 0.685. The van der Waals surface area contributed by atoms with Crippen LogP contribution in [0.25, 0.3) is 0 Å². The molecule has 0 spiro atoms. The van der Waals surface area contributed by atoms with E-state index in [-0.39, 0.29) is 11.8 Å². The first-order chi connectivity index (χ1) is 11.8. The molecule has 142 valence electrons. The van der Waals surface area contributed by atoms with Crippen molar-refractivity contribution in [3.8, 4) is 0 Å². The Hall–Kier alpha value is -1.59. The number of hydrogen-bond donors (Lipinski definition) is 3.